The minimum Gasteiger partial charge on any atom is -0.497 e. The summed E-state index contributed by atoms with van der Waals surface area (Å²) < 4.78 is 13.0. The highest BCUT2D eigenvalue weighted by Crippen LogP contribution is 2.28. The number of aromatic nitrogens is 3. The molecule has 1 atom stereocenters. The van der Waals surface area contributed by atoms with Gasteiger partial charge in [-0.15, -0.1) is 22.6 Å². The first kappa shape index (κ1) is 20.0. The normalized spacial score (nSPS) is 17.1. The third-order valence-corrected chi connectivity index (χ3v) is 5.21. The third kappa shape index (κ3) is 5.10. The van der Waals surface area contributed by atoms with Gasteiger partial charge in [0.2, 0.25) is 0 Å². The minimum atomic E-state index is 0. The summed E-state index contributed by atoms with van der Waals surface area (Å²) in [5.41, 5.74) is 1.02. The Balaban J connectivity index is 0.00000225. The van der Waals surface area contributed by atoms with Gasteiger partial charge in [-0.1, -0.05) is 17.8 Å². The summed E-state index contributed by atoms with van der Waals surface area (Å²) in [6, 6.07) is 7.99. The van der Waals surface area contributed by atoms with E-state index in [0.29, 0.717) is 12.5 Å². The number of hydrogen-bond acceptors (Lipinski definition) is 6. The quantitative estimate of drug-likeness (QED) is 0.740. The Labute approximate surface area is 159 Å². The van der Waals surface area contributed by atoms with E-state index in [1.165, 1.54) is 6.42 Å². The first-order valence-electron chi connectivity index (χ1n) is 8.25. The lowest BCUT2D eigenvalue weighted by Crippen LogP contribution is -2.19. The molecule has 2 heterocycles. The van der Waals surface area contributed by atoms with E-state index in [1.807, 2.05) is 25.2 Å². The smallest absolute Gasteiger partial charge is 0.195 e. The molecule has 3 rings (SSSR count). The van der Waals surface area contributed by atoms with Crippen LogP contribution in [0.15, 0.2) is 29.4 Å². The lowest BCUT2D eigenvalue weighted by atomic mass is 10.1. The zero-order valence-electron chi connectivity index (χ0n) is 14.6. The first-order chi connectivity index (χ1) is 11.8. The maximum atomic E-state index is 5.58. The van der Waals surface area contributed by atoms with Crippen LogP contribution in [0.4, 0.5) is 0 Å². The SMILES string of the molecule is CNCc1nnc(SCC2CCCOC2)n1-c1cccc(OC)c1.Cl. The second-order valence-electron chi connectivity index (χ2n) is 5.86. The highest BCUT2D eigenvalue weighted by atomic mass is 35.5. The number of nitrogens with zero attached hydrogens (tertiary/aromatic N) is 3. The van der Waals surface area contributed by atoms with Gasteiger partial charge in [0, 0.05) is 18.4 Å². The monoisotopic (exact) mass is 384 g/mol. The zero-order valence-corrected chi connectivity index (χ0v) is 16.2. The van der Waals surface area contributed by atoms with E-state index in [9.17, 15) is 0 Å². The Kier molecular flexibility index (Phi) is 8.02. The van der Waals surface area contributed by atoms with Gasteiger partial charge in [0.15, 0.2) is 11.0 Å². The van der Waals surface area contributed by atoms with Crippen LogP contribution in [-0.2, 0) is 11.3 Å². The molecule has 1 fully saturated rings. The summed E-state index contributed by atoms with van der Waals surface area (Å²) in [7, 11) is 3.59. The van der Waals surface area contributed by atoms with Crippen LogP contribution in [0.1, 0.15) is 18.7 Å². The second-order valence-corrected chi connectivity index (χ2v) is 6.85. The highest BCUT2D eigenvalue weighted by Gasteiger charge is 2.18. The average molecular weight is 385 g/mol. The molecule has 0 spiro atoms. The lowest BCUT2D eigenvalue weighted by molar-refractivity contribution is 0.0632. The molecular weight excluding hydrogens is 360 g/mol. The fourth-order valence-electron chi connectivity index (χ4n) is 2.81. The molecule has 25 heavy (non-hydrogen) atoms. The van der Waals surface area contributed by atoms with Gasteiger partial charge in [-0.3, -0.25) is 4.57 Å². The predicted molar refractivity (Wildman–Crippen MR) is 102 cm³/mol. The van der Waals surface area contributed by atoms with Crippen molar-refractivity contribution in [3.05, 3.63) is 30.1 Å². The van der Waals surface area contributed by atoms with Crippen molar-refractivity contribution in [2.45, 2.75) is 24.5 Å². The summed E-state index contributed by atoms with van der Waals surface area (Å²) >= 11 is 1.75. The predicted octanol–water partition coefficient (Wildman–Crippen LogP) is 2.94. The molecule has 138 valence electrons. The number of nitrogens with one attached hydrogen (secondary N) is 1. The molecule has 1 aliphatic heterocycles. The summed E-state index contributed by atoms with van der Waals surface area (Å²) in [4.78, 5) is 0. The molecule has 1 unspecified atom stereocenters. The zero-order chi connectivity index (χ0) is 16.8. The third-order valence-electron chi connectivity index (χ3n) is 4.05. The number of methoxy groups -OCH3 is 1. The highest BCUT2D eigenvalue weighted by molar-refractivity contribution is 7.99. The van der Waals surface area contributed by atoms with Gasteiger partial charge < -0.3 is 14.8 Å². The van der Waals surface area contributed by atoms with Gasteiger partial charge in [0.05, 0.1) is 25.9 Å². The van der Waals surface area contributed by atoms with E-state index in [0.717, 1.165) is 47.8 Å². The van der Waals surface area contributed by atoms with Crippen LogP contribution < -0.4 is 10.1 Å². The van der Waals surface area contributed by atoms with E-state index in [2.05, 4.69) is 26.1 Å². The van der Waals surface area contributed by atoms with Crippen molar-refractivity contribution >= 4 is 24.2 Å². The van der Waals surface area contributed by atoms with Crippen LogP contribution in [0, 0.1) is 5.92 Å². The maximum Gasteiger partial charge on any atom is 0.195 e. The van der Waals surface area contributed by atoms with Crippen LogP contribution in [-0.4, -0.2) is 47.9 Å². The van der Waals surface area contributed by atoms with Crippen molar-refractivity contribution in [3.63, 3.8) is 0 Å². The molecule has 0 aliphatic carbocycles. The molecule has 1 aromatic heterocycles. The van der Waals surface area contributed by atoms with E-state index in [1.54, 1.807) is 18.9 Å². The first-order valence-corrected chi connectivity index (χ1v) is 9.24. The van der Waals surface area contributed by atoms with Crippen molar-refractivity contribution in [1.82, 2.24) is 20.1 Å². The standard InChI is InChI=1S/C17H24N4O2S.ClH/c1-18-10-16-19-20-17(24-12-13-5-4-8-23-11-13)21(16)14-6-3-7-15(9-14)22-2;/h3,6-7,9,13,18H,4-5,8,10-12H2,1-2H3;1H. The van der Waals surface area contributed by atoms with Gasteiger partial charge in [-0.2, -0.15) is 0 Å². The van der Waals surface area contributed by atoms with Crippen LogP contribution >= 0.6 is 24.2 Å². The number of halogens is 1. The Hall–Kier alpha value is -1.28. The van der Waals surface area contributed by atoms with Crippen LogP contribution in [0.3, 0.4) is 0 Å². The molecule has 8 heteroatoms. The molecular formula is C17H25ClN4O2S. The van der Waals surface area contributed by atoms with Crippen molar-refractivity contribution in [3.8, 4) is 11.4 Å². The molecule has 1 N–H and O–H groups in total. The number of rotatable bonds is 7. The Morgan fingerprint density at radius 2 is 2.28 bits per heavy atom. The van der Waals surface area contributed by atoms with Crippen molar-refractivity contribution in [1.29, 1.82) is 0 Å². The Morgan fingerprint density at radius 1 is 1.40 bits per heavy atom. The maximum absolute atomic E-state index is 5.58. The summed E-state index contributed by atoms with van der Waals surface area (Å²) in [6.45, 7) is 2.41. The lowest BCUT2D eigenvalue weighted by Gasteiger charge is -2.21. The number of hydrogen-bond donors (Lipinski definition) is 1. The largest absolute Gasteiger partial charge is 0.497 e. The molecule has 2 aromatic rings. The van der Waals surface area contributed by atoms with Crippen molar-refractivity contribution in [2.24, 2.45) is 5.92 Å². The molecule has 1 saturated heterocycles. The van der Waals surface area contributed by atoms with E-state index < -0.39 is 0 Å². The second kappa shape index (κ2) is 10.0. The van der Waals surface area contributed by atoms with Gasteiger partial charge in [0.25, 0.3) is 0 Å². The van der Waals surface area contributed by atoms with Gasteiger partial charge >= 0.3 is 0 Å². The van der Waals surface area contributed by atoms with Gasteiger partial charge in [0.1, 0.15) is 5.75 Å². The van der Waals surface area contributed by atoms with Crippen LogP contribution in [0.5, 0.6) is 5.75 Å². The number of thioether (sulfide) groups is 1. The minimum absolute atomic E-state index is 0. The number of ether oxygens (including phenoxy) is 2. The molecule has 0 radical (unpaired) electrons. The van der Waals surface area contributed by atoms with Gasteiger partial charge in [-0.25, -0.2) is 0 Å². The molecule has 0 saturated carbocycles. The average Bonchev–Trinajstić information content (AvgIpc) is 3.04. The Bertz CT molecular complexity index is 662. The fraction of sp³-hybridized carbons (Fsp3) is 0.529. The molecule has 1 aromatic carbocycles. The van der Waals surface area contributed by atoms with Crippen molar-refractivity contribution in [2.75, 3.05) is 33.1 Å². The summed E-state index contributed by atoms with van der Waals surface area (Å²) in [6.07, 6.45) is 2.38. The molecule has 0 amide bonds. The number of benzene rings is 1. The summed E-state index contributed by atoms with van der Waals surface area (Å²) in [5.74, 6) is 3.31. The Morgan fingerprint density at radius 3 is 3.00 bits per heavy atom. The molecule has 6 nitrogen and oxygen atoms in total. The molecule has 1 aliphatic rings. The fourth-order valence-corrected chi connectivity index (χ4v) is 3.89. The molecule has 0 bridgehead atoms. The van der Waals surface area contributed by atoms with E-state index in [-0.39, 0.29) is 12.4 Å². The van der Waals surface area contributed by atoms with Crippen molar-refractivity contribution < 1.29 is 9.47 Å². The van der Waals surface area contributed by atoms with Crippen LogP contribution in [0.2, 0.25) is 0 Å². The van der Waals surface area contributed by atoms with Gasteiger partial charge in [-0.05, 0) is 37.9 Å². The topological polar surface area (TPSA) is 61.2 Å². The summed E-state index contributed by atoms with van der Waals surface area (Å²) in [5, 5.41) is 12.8. The van der Waals surface area contributed by atoms with E-state index >= 15 is 0 Å². The van der Waals surface area contributed by atoms with E-state index in [4.69, 9.17) is 9.47 Å². The van der Waals surface area contributed by atoms with Crippen LogP contribution in [0.25, 0.3) is 5.69 Å².